The second kappa shape index (κ2) is 6.36. The number of hydrogen-bond donors (Lipinski definition) is 1. The van der Waals surface area contributed by atoms with Crippen molar-refractivity contribution in [1.29, 1.82) is 0 Å². The van der Waals surface area contributed by atoms with E-state index in [-0.39, 0.29) is 5.92 Å². The zero-order valence-electron chi connectivity index (χ0n) is 11.5. The Bertz CT molecular complexity index is 684. The van der Waals surface area contributed by atoms with Gasteiger partial charge in [-0.2, -0.15) is 0 Å². The highest BCUT2D eigenvalue weighted by Crippen LogP contribution is 2.17. The van der Waals surface area contributed by atoms with E-state index < -0.39 is 10.8 Å². The van der Waals surface area contributed by atoms with E-state index in [1.165, 1.54) is 0 Å². The maximum atomic E-state index is 11.3. The minimum Gasteiger partial charge on any atom is -0.383 e. The van der Waals surface area contributed by atoms with Crippen LogP contribution in [0.5, 0.6) is 0 Å². The number of rotatable bonds is 2. The minimum atomic E-state index is -0.948. The Morgan fingerprint density at radius 3 is 2.55 bits per heavy atom. The van der Waals surface area contributed by atoms with Crippen LogP contribution in [0.1, 0.15) is 24.0 Å². The van der Waals surface area contributed by atoms with Crippen LogP contribution < -0.4 is 5.73 Å². The van der Waals surface area contributed by atoms with Crippen molar-refractivity contribution in [3.05, 3.63) is 53.7 Å². The van der Waals surface area contributed by atoms with E-state index in [1.54, 1.807) is 12.5 Å². The summed E-state index contributed by atoms with van der Waals surface area (Å²) >= 11 is 0. The van der Waals surface area contributed by atoms with Gasteiger partial charge in [-0.1, -0.05) is 24.0 Å². The zero-order valence-corrected chi connectivity index (χ0v) is 12.3. The molecule has 0 bridgehead atoms. The number of hydrogen-bond acceptors (Lipinski definition) is 3. The van der Waals surface area contributed by atoms with Crippen LogP contribution in [0.4, 0.5) is 5.82 Å². The largest absolute Gasteiger partial charge is 0.383 e. The van der Waals surface area contributed by atoms with Gasteiger partial charge in [0.25, 0.3) is 0 Å². The van der Waals surface area contributed by atoms with E-state index in [0.29, 0.717) is 5.82 Å². The lowest BCUT2D eigenvalue weighted by Gasteiger charge is -2.05. The van der Waals surface area contributed by atoms with Crippen molar-refractivity contribution in [1.82, 2.24) is 4.98 Å². The van der Waals surface area contributed by atoms with Crippen molar-refractivity contribution in [3.63, 3.8) is 0 Å². The number of nitrogen functional groups attached to an aromatic ring is 1. The Morgan fingerprint density at radius 1 is 1.25 bits per heavy atom. The molecule has 0 aliphatic heterocycles. The van der Waals surface area contributed by atoms with Crippen LogP contribution in [0.15, 0.2) is 47.5 Å². The lowest BCUT2D eigenvalue weighted by molar-refractivity contribution is 0.686. The predicted octanol–water partition coefficient (Wildman–Crippen LogP) is 2.56. The average molecular weight is 284 g/mol. The number of benzene rings is 1. The first-order valence-corrected chi connectivity index (χ1v) is 7.79. The number of anilines is 1. The highest BCUT2D eigenvalue weighted by Gasteiger charge is 2.03. The molecule has 0 radical (unpaired) electrons. The average Bonchev–Trinajstić information content (AvgIpc) is 2.46. The quantitative estimate of drug-likeness (QED) is 0.862. The van der Waals surface area contributed by atoms with E-state index in [0.717, 1.165) is 16.0 Å². The van der Waals surface area contributed by atoms with Gasteiger partial charge in [-0.05, 0) is 36.8 Å². The molecule has 0 saturated heterocycles. The molecule has 0 aliphatic carbocycles. The molecule has 2 rings (SSSR count). The van der Waals surface area contributed by atoms with Gasteiger partial charge in [-0.25, -0.2) is 4.98 Å². The van der Waals surface area contributed by atoms with Crippen molar-refractivity contribution >= 4 is 16.6 Å². The van der Waals surface area contributed by atoms with Crippen LogP contribution in [-0.4, -0.2) is 15.4 Å². The summed E-state index contributed by atoms with van der Waals surface area (Å²) in [6, 6.07) is 11.3. The summed E-state index contributed by atoms with van der Waals surface area (Å²) in [7, 11) is -0.948. The molecule has 3 nitrogen and oxygen atoms in total. The molecule has 2 N–H and O–H groups in total. The van der Waals surface area contributed by atoms with Crippen LogP contribution in [0.2, 0.25) is 0 Å². The van der Waals surface area contributed by atoms with E-state index in [4.69, 9.17) is 5.73 Å². The Kier molecular flexibility index (Phi) is 4.54. The molecule has 2 unspecified atom stereocenters. The summed E-state index contributed by atoms with van der Waals surface area (Å²) in [4.78, 5) is 4.83. The smallest absolute Gasteiger partial charge is 0.139 e. The fourth-order valence-electron chi connectivity index (χ4n) is 1.74. The highest BCUT2D eigenvalue weighted by atomic mass is 32.2. The van der Waals surface area contributed by atoms with Gasteiger partial charge in [0, 0.05) is 34.1 Å². The molecule has 0 aliphatic rings. The molecule has 1 aromatic heterocycles. The summed E-state index contributed by atoms with van der Waals surface area (Å²) < 4.78 is 11.3. The molecule has 2 atom stereocenters. The molecular formula is C16H16N2OS. The van der Waals surface area contributed by atoms with Crippen LogP contribution in [-0.2, 0) is 10.8 Å². The third-order valence-electron chi connectivity index (χ3n) is 2.97. The van der Waals surface area contributed by atoms with Crippen LogP contribution in [0, 0.1) is 11.8 Å². The molecule has 4 heteroatoms. The standard InChI is InChI=1S/C16H16N2OS/c1-12(5-6-14-4-3-11-18-16(14)17)13-7-9-15(10-8-13)20(2)19/h3-4,7-12H,1-2H3,(H2,17,18). The van der Waals surface area contributed by atoms with Gasteiger partial charge < -0.3 is 5.73 Å². The summed E-state index contributed by atoms with van der Waals surface area (Å²) in [6.45, 7) is 2.03. The molecule has 102 valence electrons. The highest BCUT2D eigenvalue weighted by molar-refractivity contribution is 7.84. The van der Waals surface area contributed by atoms with Crippen LogP contribution in [0.3, 0.4) is 0 Å². The summed E-state index contributed by atoms with van der Waals surface area (Å²) in [5.41, 5.74) is 7.58. The Balaban J connectivity index is 2.19. The number of aromatic nitrogens is 1. The van der Waals surface area contributed by atoms with Gasteiger partial charge in [-0.15, -0.1) is 0 Å². The minimum absolute atomic E-state index is 0.0777. The molecule has 1 aromatic carbocycles. The van der Waals surface area contributed by atoms with Crippen molar-refractivity contribution < 1.29 is 4.21 Å². The molecule has 0 amide bonds. The van der Waals surface area contributed by atoms with Crippen LogP contribution >= 0.6 is 0 Å². The zero-order chi connectivity index (χ0) is 14.5. The maximum absolute atomic E-state index is 11.3. The molecule has 20 heavy (non-hydrogen) atoms. The first kappa shape index (κ1) is 14.3. The first-order chi connectivity index (χ1) is 9.58. The summed E-state index contributed by atoms with van der Waals surface area (Å²) in [6.07, 6.45) is 3.32. The second-order valence-corrected chi connectivity index (χ2v) is 5.83. The normalized spacial score (nSPS) is 13.1. The third-order valence-corrected chi connectivity index (χ3v) is 3.91. The van der Waals surface area contributed by atoms with Crippen LogP contribution in [0.25, 0.3) is 0 Å². The van der Waals surface area contributed by atoms with Crippen molar-refractivity contribution in [2.45, 2.75) is 17.7 Å². The number of pyridine rings is 1. The number of nitrogens with two attached hydrogens (primary N) is 1. The summed E-state index contributed by atoms with van der Waals surface area (Å²) in [5, 5.41) is 0. The predicted molar refractivity (Wildman–Crippen MR) is 82.7 cm³/mol. The Morgan fingerprint density at radius 2 is 1.95 bits per heavy atom. The lowest BCUT2D eigenvalue weighted by Crippen LogP contribution is -1.95. The summed E-state index contributed by atoms with van der Waals surface area (Å²) in [5.74, 6) is 6.74. The van der Waals surface area contributed by atoms with E-state index in [9.17, 15) is 4.21 Å². The van der Waals surface area contributed by atoms with Gasteiger partial charge >= 0.3 is 0 Å². The van der Waals surface area contributed by atoms with Crippen molar-refractivity contribution in [2.75, 3.05) is 12.0 Å². The topological polar surface area (TPSA) is 56.0 Å². The molecule has 1 heterocycles. The van der Waals surface area contributed by atoms with Gasteiger partial charge in [-0.3, -0.25) is 4.21 Å². The number of nitrogens with zero attached hydrogens (tertiary/aromatic N) is 1. The lowest BCUT2D eigenvalue weighted by atomic mass is 10.0. The van der Waals surface area contributed by atoms with E-state index in [1.807, 2.05) is 43.3 Å². The second-order valence-electron chi connectivity index (χ2n) is 4.45. The molecule has 0 saturated carbocycles. The fraction of sp³-hybridized carbons (Fsp3) is 0.188. The van der Waals surface area contributed by atoms with Crippen molar-refractivity contribution in [3.8, 4) is 11.8 Å². The Labute approximate surface area is 121 Å². The monoisotopic (exact) mass is 284 g/mol. The molecule has 2 aromatic rings. The maximum Gasteiger partial charge on any atom is 0.139 e. The molecule has 0 fully saturated rings. The van der Waals surface area contributed by atoms with E-state index in [2.05, 4.69) is 16.8 Å². The van der Waals surface area contributed by atoms with Gasteiger partial charge in [0.15, 0.2) is 0 Å². The molecular weight excluding hydrogens is 268 g/mol. The van der Waals surface area contributed by atoms with Gasteiger partial charge in [0.05, 0.1) is 5.56 Å². The SMILES string of the molecule is CC(C#Cc1cccnc1N)c1ccc(S(C)=O)cc1. The first-order valence-electron chi connectivity index (χ1n) is 6.23. The van der Waals surface area contributed by atoms with Gasteiger partial charge in [0.1, 0.15) is 5.82 Å². The van der Waals surface area contributed by atoms with E-state index >= 15 is 0 Å². The third kappa shape index (κ3) is 3.46. The molecule has 0 spiro atoms. The van der Waals surface area contributed by atoms with Gasteiger partial charge in [0.2, 0.25) is 0 Å². The fourth-order valence-corrected chi connectivity index (χ4v) is 2.26. The Hall–Kier alpha value is -2.12. The van der Waals surface area contributed by atoms with Crippen molar-refractivity contribution in [2.24, 2.45) is 0 Å².